The Bertz CT molecular complexity index is 721. The Morgan fingerprint density at radius 2 is 1.80 bits per heavy atom. The van der Waals surface area contributed by atoms with Crippen LogP contribution < -0.4 is 4.84 Å². The number of benzene rings is 2. The van der Waals surface area contributed by atoms with Gasteiger partial charge < -0.3 is 14.3 Å². The molecule has 0 bridgehead atoms. The molecule has 0 heterocycles. The molecule has 0 spiro atoms. The number of nitrogens with zero attached hydrogens (tertiary/aromatic N) is 1. The summed E-state index contributed by atoms with van der Waals surface area (Å²) in [6, 6.07) is 13.0. The van der Waals surface area contributed by atoms with Gasteiger partial charge >= 0.3 is 0 Å². The second-order valence-electron chi connectivity index (χ2n) is 5.52. The van der Waals surface area contributed by atoms with Crippen LogP contribution in [0, 0.1) is 11.9 Å². The Balaban J connectivity index is 2.47. The summed E-state index contributed by atoms with van der Waals surface area (Å²) >= 11 is 0. The van der Waals surface area contributed by atoms with Crippen LogP contribution in [0.2, 0.25) is 0 Å². The average Bonchev–Trinajstić information content (AvgIpc) is 2.61. The van der Waals surface area contributed by atoms with Crippen LogP contribution in [0.1, 0.15) is 39.5 Å². The number of ether oxygens (including phenoxy) is 2. The first-order chi connectivity index (χ1) is 12.1. The smallest absolute Gasteiger partial charge is 0.184 e. The number of rotatable bonds is 8. The van der Waals surface area contributed by atoms with Gasteiger partial charge in [-0.05, 0) is 45.4 Å². The lowest BCUT2D eigenvalue weighted by molar-refractivity contribution is -0.139. The van der Waals surface area contributed by atoms with Gasteiger partial charge in [0.25, 0.3) is 0 Å². The SMILES string of the molecule is CCOC(OCC)c1ccccc1-c1cc(ON=C(C)C)[c]cc1F. The molecule has 0 aromatic heterocycles. The number of oxime groups is 1. The van der Waals surface area contributed by atoms with Crippen LogP contribution in [0.5, 0.6) is 5.75 Å². The van der Waals surface area contributed by atoms with Gasteiger partial charge in [0.1, 0.15) is 5.82 Å². The number of hydrogen-bond donors (Lipinski definition) is 0. The van der Waals surface area contributed by atoms with Gasteiger partial charge in [-0.3, -0.25) is 0 Å². The molecule has 4 nitrogen and oxygen atoms in total. The molecule has 0 atom stereocenters. The minimum Gasteiger partial charge on any atom is -0.356 e. The van der Waals surface area contributed by atoms with Crippen LogP contribution in [0.15, 0.2) is 41.6 Å². The molecule has 2 rings (SSSR count). The van der Waals surface area contributed by atoms with Crippen LogP contribution >= 0.6 is 0 Å². The Hall–Kier alpha value is -2.24. The molecule has 0 saturated heterocycles. The van der Waals surface area contributed by atoms with Crippen molar-refractivity contribution >= 4 is 5.71 Å². The van der Waals surface area contributed by atoms with Crippen LogP contribution in [0.4, 0.5) is 4.39 Å². The van der Waals surface area contributed by atoms with E-state index < -0.39 is 12.1 Å². The second kappa shape index (κ2) is 9.30. The molecule has 5 heteroatoms. The van der Waals surface area contributed by atoms with E-state index in [4.69, 9.17) is 14.3 Å². The summed E-state index contributed by atoms with van der Waals surface area (Å²) in [6.07, 6.45) is -0.560. The highest BCUT2D eigenvalue weighted by Crippen LogP contribution is 2.34. The Labute approximate surface area is 148 Å². The Morgan fingerprint density at radius 1 is 1.12 bits per heavy atom. The third-order valence-electron chi connectivity index (χ3n) is 3.34. The largest absolute Gasteiger partial charge is 0.356 e. The van der Waals surface area contributed by atoms with E-state index in [0.717, 1.165) is 11.3 Å². The van der Waals surface area contributed by atoms with Crippen LogP contribution in [0.25, 0.3) is 11.1 Å². The number of halogens is 1. The molecule has 0 unspecified atom stereocenters. The van der Waals surface area contributed by atoms with Gasteiger partial charge in [0.15, 0.2) is 12.0 Å². The highest BCUT2D eigenvalue weighted by Gasteiger charge is 2.19. The highest BCUT2D eigenvalue weighted by atomic mass is 19.1. The normalized spacial score (nSPS) is 10.8. The topological polar surface area (TPSA) is 40.0 Å². The van der Waals surface area contributed by atoms with Crippen LogP contribution in [-0.2, 0) is 9.47 Å². The van der Waals surface area contributed by atoms with E-state index >= 15 is 0 Å². The molecule has 2 aromatic carbocycles. The first-order valence-electron chi connectivity index (χ1n) is 8.28. The first-order valence-corrected chi connectivity index (χ1v) is 8.28. The highest BCUT2D eigenvalue weighted by molar-refractivity contribution is 5.78. The lowest BCUT2D eigenvalue weighted by Crippen LogP contribution is -2.10. The molecule has 0 aliphatic carbocycles. The van der Waals surface area contributed by atoms with E-state index in [1.54, 1.807) is 6.07 Å². The van der Waals surface area contributed by atoms with E-state index in [0.29, 0.717) is 30.1 Å². The van der Waals surface area contributed by atoms with Gasteiger partial charge in [0.2, 0.25) is 0 Å². The van der Waals surface area contributed by atoms with Crippen molar-refractivity contribution < 1.29 is 18.7 Å². The molecule has 0 saturated carbocycles. The van der Waals surface area contributed by atoms with Gasteiger partial charge in [-0.15, -0.1) is 0 Å². The fourth-order valence-corrected chi connectivity index (χ4v) is 2.33. The van der Waals surface area contributed by atoms with Gasteiger partial charge in [-0.2, -0.15) is 0 Å². The lowest BCUT2D eigenvalue weighted by atomic mass is 9.98. The van der Waals surface area contributed by atoms with Crippen molar-refractivity contribution in [2.75, 3.05) is 13.2 Å². The molecule has 0 aliphatic rings. The summed E-state index contributed by atoms with van der Waals surface area (Å²) in [7, 11) is 0. The molecule has 1 radical (unpaired) electrons. The molecule has 0 aliphatic heterocycles. The quantitative estimate of drug-likeness (QED) is 0.378. The lowest BCUT2D eigenvalue weighted by Gasteiger charge is -2.20. The summed E-state index contributed by atoms with van der Waals surface area (Å²) in [5.41, 5.74) is 2.59. The zero-order valence-electron chi connectivity index (χ0n) is 15.0. The van der Waals surface area contributed by atoms with Crippen molar-refractivity contribution in [1.29, 1.82) is 0 Å². The molecule has 133 valence electrons. The molecule has 0 fully saturated rings. The standard InChI is InChI=1S/C20H23FNO3/c1-5-23-20(24-6-2)17-10-8-7-9-16(17)18-13-15(11-12-19(18)21)25-22-14(3)4/h7-10,12-13,20H,5-6H2,1-4H3. The number of hydrogen-bond acceptors (Lipinski definition) is 4. The van der Waals surface area contributed by atoms with Gasteiger partial charge in [0, 0.05) is 30.4 Å². The van der Waals surface area contributed by atoms with Crippen molar-refractivity contribution in [2.45, 2.75) is 34.0 Å². The van der Waals surface area contributed by atoms with Gasteiger partial charge in [0.05, 0.1) is 5.71 Å². The summed E-state index contributed by atoms with van der Waals surface area (Å²) in [4.78, 5) is 5.28. The van der Waals surface area contributed by atoms with Crippen molar-refractivity contribution in [1.82, 2.24) is 0 Å². The first kappa shape index (κ1) is 19.1. The summed E-state index contributed by atoms with van der Waals surface area (Å²) < 4.78 is 25.8. The molecule has 0 amide bonds. The molecular formula is C20H23FNO3. The summed E-state index contributed by atoms with van der Waals surface area (Å²) in [5.74, 6) is -0.0551. The van der Waals surface area contributed by atoms with Crippen molar-refractivity contribution in [3.63, 3.8) is 0 Å². The summed E-state index contributed by atoms with van der Waals surface area (Å²) in [6.45, 7) is 8.39. The van der Waals surface area contributed by atoms with Crippen molar-refractivity contribution in [2.24, 2.45) is 5.16 Å². The Morgan fingerprint density at radius 3 is 2.44 bits per heavy atom. The fraction of sp³-hybridized carbons (Fsp3) is 0.350. The van der Waals surface area contributed by atoms with E-state index in [2.05, 4.69) is 11.2 Å². The molecule has 25 heavy (non-hydrogen) atoms. The van der Waals surface area contributed by atoms with E-state index in [1.165, 1.54) is 6.07 Å². The zero-order chi connectivity index (χ0) is 18.2. The van der Waals surface area contributed by atoms with E-state index in [9.17, 15) is 4.39 Å². The minimum absolute atomic E-state index is 0.344. The third kappa shape index (κ3) is 5.11. The third-order valence-corrected chi connectivity index (χ3v) is 3.34. The zero-order valence-corrected chi connectivity index (χ0v) is 15.0. The predicted octanol–water partition coefficient (Wildman–Crippen LogP) is 5.14. The van der Waals surface area contributed by atoms with Crippen LogP contribution in [0.3, 0.4) is 0 Å². The van der Waals surface area contributed by atoms with Gasteiger partial charge in [-0.1, -0.05) is 29.4 Å². The summed E-state index contributed by atoms with van der Waals surface area (Å²) in [5, 5.41) is 3.89. The van der Waals surface area contributed by atoms with Crippen molar-refractivity contribution in [3.8, 4) is 16.9 Å². The maximum absolute atomic E-state index is 14.5. The average molecular weight is 344 g/mol. The molecule has 0 N–H and O–H groups in total. The predicted molar refractivity (Wildman–Crippen MR) is 96.1 cm³/mol. The van der Waals surface area contributed by atoms with Gasteiger partial charge in [-0.25, -0.2) is 4.39 Å². The molecular weight excluding hydrogens is 321 g/mol. The maximum atomic E-state index is 14.5. The van der Waals surface area contributed by atoms with Crippen molar-refractivity contribution in [3.05, 3.63) is 53.8 Å². The van der Waals surface area contributed by atoms with E-state index in [1.807, 2.05) is 52.0 Å². The second-order valence-corrected chi connectivity index (χ2v) is 5.52. The minimum atomic E-state index is -0.560. The molecule has 2 aromatic rings. The van der Waals surface area contributed by atoms with Crippen LogP contribution in [-0.4, -0.2) is 18.9 Å². The monoisotopic (exact) mass is 344 g/mol. The maximum Gasteiger partial charge on any atom is 0.184 e. The van der Waals surface area contributed by atoms with E-state index in [-0.39, 0.29) is 0 Å². The Kier molecular flexibility index (Phi) is 7.10. The fourth-order valence-electron chi connectivity index (χ4n) is 2.33.